The first-order valence-corrected chi connectivity index (χ1v) is 9.91. The Bertz CT molecular complexity index is 935. The lowest BCUT2D eigenvalue weighted by Gasteiger charge is -2.37. The summed E-state index contributed by atoms with van der Waals surface area (Å²) >= 11 is 0. The molecule has 26 heavy (non-hydrogen) atoms. The zero-order chi connectivity index (χ0) is 18.9. The number of hydrogen-bond donors (Lipinski definition) is 1. The monoisotopic (exact) mass is 374 g/mol. The van der Waals surface area contributed by atoms with E-state index in [0.717, 1.165) is 13.1 Å². The number of rotatable bonds is 3. The van der Waals surface area contributed by atoms with E-state index >= 15 is 0 Å². The third-order valence-corrected chi connectivity index (χ3v) is 5.56. The van der Waals surface area contributed by atoms with E-state index in [4.69, 9.17) is 5.14 Å². The summed E-state index contributed by atoms with van der Waals surface area (Å²) < 4.78 is 22.9. The van der Waals surface area contributed by atoms with Crippen LogP contribution in [0.25, 0.3) is 0 Å². The van der Waals surface area contributed by atoms with Crippen molar-refractivity contribution < 1.29 is 13.2 Å². The zero-order valence-corrected chi connectivity index (χ0v) is 15.7. The van der Waals surface area contributed by atoms with E-state index in [-0.39, 0.29) is 16.5 Å². The summed E-state index contributed by atoms with van der Waals surface area (Å²) in [5.41, 5.74) is 3.97. The van der Waals surface area contributed by atoms with Crippen LogP contribution < -0.4 is 10.0 Å². The van der Waals surface area contributed by atoms with Gasteiger partial charge in [-0.2, -0.15) is 0 Å². The Hall–Kier alpha value is -2.45. The van der Waals surface area contributed by atoms with Crippen molar-refractivity contribution in [3.63, 3.8) is 0 Å². The number of piperazine rings is 1. The molecule has 2 heterocycles. The normalized spacial score (nSPS) is 15.2. The van der Waals surface area contributed by atoms with Crippen molar-refractivity contribution in [1.29, 1.82) is 0 Å². The number of primary sulfonamides is 1. The van der Waals surface area contributed by atoms with Crippen LogP contribution in [0.2, 0.25) is 0 Å². The molecule has 3 rings (SSSR count). The van der Waals surface area contributed by atoms with Crippen LogP contribution in [0, 0.1) is 13.8 Å². The van der Waals surface area contributed by atoms with Crippen LogP contribution in [0.1, 0.15) is 21.5 Å². The summed E-state index contributed by atoms with van der Waals surface area (Å²) in [5, 5.41) is 4.80. The second kappa shape index (κ2) is 7.05. The number of aryl methyl sites for hydroxylation is 1. The molecule has 1 aliphatic heterocycles. The van der Waals surface area contributed by atoms with Crippen molar-refractivity contribution in [3.05, 3.63) is 53.2 Å². The van der Waals surface area contributed by atoms with Gasteiger partial charge in [0.25, 0.3) is 15.9 Å². The molecule has 0 unspecified atom stereocenters. The number of carbonyl (C=O) groups excluding carboxylic acids is 1. The number of aromatic nitrogens is 1. The Morgan fingerprint density at radius 3 is 2.46 bits per heavy atom. The fourth-order valence-corrected chi connectivity index (χ4v) is 3.61. The molecule has 1 fully saturated rings. The first-order chi connectivity index (χ1) is 12.3. The Kier molecular flexibility index (Phi) is 4.97. The van der Waals surface area contributed by atoms with Gasteiger partial charge in [0.05, 0.1) is 0 Å². The van der Waals surface area contributed by atoms with Crippen LogP contribution in [-0.2, 0) is 10.0 Å². The first kappa shape index (κ1) is 18.3. The molecule has 138 valence electrons. The second-order valence-electron chi connectivity index (χ2n) is 6.43. The van der Waals surface area contributed by atoms with E-state index in [1.165, 1.54) is 35.1 Å². The van der Waals surface area contributed by atoms with Gasteiger partial charge < -0.3 is 9.80 Å². The number of hydrogen-bond acceptors (Lipinski definition) is 5. The number of nitrogens with zero attached hydrogens (tertiary/aromatic N) is 3. The van der Waals surface area contributed by atoms with Gasteiger partial charge in [-0.3, -0.25) is 4.79 Å². The van der Waals surface area contributed by atoms with E-state index in [1.807, 2.05) is 6.07 Å². The van der Waals surface area contributed by atoms with Gasteiger partial charge in [0.2, 0.25) is 0 Å². The highest BCUT2D eigenvalue weighted by Crippen LogP contribution is 2.24. The summed E-state index contributed by atoms with van der Waals surface area (Å²) in [5.74, 6) is -0.210. The smallest absolute Gasteiger partial charge is 0.255 e. The Balaban J connectivity index is 1.72. The SMILES string of the molecule is Cc1cccc(N2CCN(C(=O)c3ccnc(S(N)(=O)=O)c3)CC2)c1C. The van der Waals surface area contributed by atoms with E-state index in [2.05, 4.69) is 35.9 Å². The average Bonchev–Trinajstić information content (AvgIpc) is 2.63. The molecule has 7 nitrogen and oxygen atoms in total. The molecule has 1 saturated heterocycles. The highest BCUT2D eigenvalue weighted by molar-refractivity contribution is 7.89. The molecule has 1 aromatic carbocycles. The maximum absolute atomic E-state index is 12.7. The molecule has 0 spiro atoms. The Morgan fingerprint density at radius 2 is 1.81 bits per heavy atom. The summed E-state index contributed by atoms with van der Waals surface area (Å²) in [4.78, 5) is 20.4. The minimum absolute atomic E-state index is 0.210. The lowest BCUT2D eigenvalue weighted by atomic mass is 10.1. The zero-order valence-electron chi connectivity index (χ0n) is 14.8. The summed E-state index contributed by atoms with van der Waals surface area (Å²) in [7, 11) is -3.93. The minimum Gasteiger partial charge on any atom is -0.368 e. The Morgan fingerprint density at radius 1 is 1.12 bits per heavy atom. The minimum atomic E-state index is -3.93. The lowest BCUT2D eigenvalue weighted by Crippen LogP contribution is -2.49. The molecule has 1 aromatic heterocycles. The summed E-state index contributed by atoms with van der Waals surface area (Å²) in [6, 6.07) is 8.97. The van der Waals surface area contributed by atoms with Gasteiger partial charge in [0.15, 0.2) is 5.03 Å². The molecule has 8 heteroatoms. The predicted molar refractivity (Wildman–Crippen MR) is 99.6 cm³/mol. The van der Waals surface area contributed by atoms with Gasteiger partial charge in [-0.05, 0) is 43.2 Å². The molecular weight excluding hydrogens is 352 g/mol. The summed E-state index contributed by atoms with van der Waals surface area (Å²) in [6.45, 7) is 6.78. The quantitative estimate of drug-likeness (QED) is 0.874. The van der Waals surface area contributed by atoms with Crippen molar-refractivity contribution in [2.75, 3.05) is 31.1 Å². The van der Waals surface area contributed by atoms with Crippen molar-refractivity contribution in [1.82, 2.24) is 9.88 Å². The fourth-order valence-electron chi connectivity index (χ4n) is 3.11. The maximum atomic E-state index is 12.7. The molecule has 0 bridgehead atoms. The van der Waals surface area contributed by atoms with Gasteiger partial charge in [-0.25, -0.2) is 18.5 Å². The standard InChI is InChI=1S/C18H22N4O3S/c1-13-4-3-5-16(14(13)2)21-8-10-22(11-9-21)18(23)15-6-7-20-17(12-15)26(19,24)25/h3-7,12H,8-11H2,1-2H3,(H2,19,24,25). The van der Waals surface area contributed by atoms with E-state index in [9.17, 15) is 13.2 Å². The van der Waals surface area contributed by atoms with Crippen LogP contribution >= 0.6 is 0 Å². The topological polar surface area (TPSA) is 96.6 Å². The van der Waals surface area contributed by atoms with Gasteiger partial charge in [-0.15, -0.1) is 0 Å². The highest BCUT2D eigenvalue weighted by atomic mass is 32.2. The molecule has 1 amide bonds. The van der Waals surface area contributed by atoms with Crippen LogP contribution in [0.4, 0.5) is 5.69 Å². The van der Waals surface area contributed by atoms with Gasteiger partial charge in [-0.1, -0.05) is 12.1 Å². The first-order valence-electron chi connectivity index (χ1n) is 8.36. The van der Waals surface area contributed by atoms with Crippen molar-refractivity contribution in [3.8, 4) is 0 Å². The number of anilines is 1. The molecule has 0 saturated carbocycles. The number of carbonyl (C=O) groups is 1. The largest absolute Gasteiger partial charge is 0.368 e. The molecule has 2 aromatic rings. The summed E-state index contributed by atoms with van der Waals surface area (Å²) in [6.07, 6.45) is 1.29. The predicted octanol–water partition coefficient (Wildman–Crippen LogP) is 1.31. The van der Waals surface area contributed by atoms with E-state index < -0.39 is 10.0 Å². The van der Waals surface area contributed by atoms with Crippen LogP contribution in [0.3, 0.4) is 0 Å². The van der Waals surface area contributed by atoms with E-state index in [1.54, 1.807) is 4.90 Å². The van der Waals surface area contributed by atoms with E-state index in [0.29, 0.717) is 13.1 Å². The number of amides is 1. The van der Waals surface area contributed by atoms with Crippen molar-refractivity contribution >= 4 is 21.6 Å². The number of nitrogens with two attached hydrogens (primary N) is 1. The number of sulfonamides is 1. The highest BCUT2D eigenvalue weighted by Gasteiger charge is 2.24. The maximum Gasteiger partial charge on any atom is 0.255 e. The van der Waals surface area contributed by atoms with Gasteiger partial charge in [0, 0.05) is 43.6 Å². The molecule has 0 radical (unpaired) electrons. The van der Waals surface area contributed by atoms with Gasteiger partial charge >= 0.3 is 0 Å². The fraction of sp³-hybridized carbons (Fsp3) is 0.333. The number of pyridine rings is 1. The third kappa shape index (κ3) is 3.71. The molecule has 0 aliphatic carbocycles. The third-order valence-electron chi connectivity index (χ3n) is 4.76. The second-order valence-corrected chi connectivity index (χ2v) is 7.93. The van der Waals surface area contributed by atoms with Gasteiger partial charge in [0.1, 0.15) is 0 Å². The van der Waals surface area contributed by atoms with Crippen LogP contribution in [0.15, 0.2) is 41.6 Å². The Labute approximate surface area is 153 Å². The van der Waals surface area contributed by atoms with Crippen LogP contribution in [-0.4, -0.2) is 50.4 Å². The van der Waals surface area contributed by atoms with Crippen LogP contribution in [0.5, 0.6) is 0 Å². The van der Waals surface area contributed by atoms with Crippen molar-refractivity contribution in [2.24, 2.45) is 5.14 Å². The lowest BCUT2D eigenvalue weighted by molar-refractivity contribution is 0.0746. The molecular formula is C18H22N4O3S. The van der Waals surface area contributed by atoms with Crippen molar-refractivity contribution in [2.45, 2.75) is 18.9 Å². The number of benzene rings is 1. The molecule has 2 N–H and O–H groups in total. The molecule has 0 atom stereocenters. The molecule has 1 aliphatic rings. The average molecular weight is 374 g/mol.